The lowest BCUT2D eigenvalue weighted by atomic mass is 10.1. The van der Waals surface area contributed by atoms with Gasteiger partial charge in [0.05, 0.1) is 11.0 Å². The molecule has 1 aromatic rings. The number of nitrogens with one attached hydrogen (secondary N) is 1. The molecule has 5 nitrogen and oxygen atoms in total. The first-order valence-electron chi connectivity index (χ1n) is 5.28. The van der Waals surface area contributed by atoms with Gasteiger partial charge in [-0.2, -0.15) is 0 Å². The van der Waals surface area contributed by atoms with Crippen molar-refractivity contribution in [3.8, 4) is 0 Å². The molecule has 0 aliphatic rings. The molecule has 1 aromatic carbocycles. The van der Waals surface area contributed by atoms with Gasteiger partial charge in [-0.1, -0.05) is 0 Å². The minimum absolute atomic E-state index is 0.128. The molecule has 6 heteroatoms. The molecule has 0 aliphatic heterocycles. The van der Waals surface area contributed by atoms with E-state index in [1.807, 2.05) is 0 Å². The number of benzene rings is 1. The highest BCUT2D eigenvalue weighted by Gasteiger charge is 2.16. The van der Waals surface area contributed by atoms with Gasteiger partial charge >= 0.3 is 0 Å². The van der Waals surface area contributed by atoms with Crippen molar-refractivity contribution in [2.75, 3.05) is 5.32 Å². The lowest BCUT2D eigenvalue weighted by Gasteiger charge is -2.16. The van der Waals surface area contributed by atoms with Gasteiger partial charge in [0.25, 0.3) is 5.69 Å². The highest BCUT2D eigenvalue weighted by atomic mass is 19.1. The van der Waals surface area contributed by atoms with E-state index in [1.165, 1.54) is 0 Å². The molecular formula is C11H15FN2O3. The average molecular weight is 242 g/mol. The second-order valence-electron chi connectivity index (χ2n) is 4.05. The predicted molar refractivity (Wildman–Crippen MR) is 62.4 cm³/mol. The first-order chi connectivity index (χ1) is 7.90. The van der Waals surface area contributed by atoms with Crippen LogP contribution in [0.1, 0.15) is 20.3 Å². The Morgan fingerprint density at radius 2 is 2.18 bits per heavy atom. The summed E-state index contributed by atoms with van der Waals surface area (Å²) in [4.78, 5) is 10.2. The molecule has 0 spiro atoms. The summed E-state index contributed by atoms with van der Waals surface area (Å²) in [6.07, 6.45) is -0.0988. The van der Waals surface area contributed by atoms with Crippen LogP contribution in [0.5, 0.6) is 0 Å². The quantitative estimate of drug-likeness (QED) is 0.613. The lowest BCUT2D eigenvalue weighted by Crippen LogP contribution is -2.21. The van der Waals surface area contributed by atoms with Gasteiger partial charge in [0.15, 0.2) is 0 Å². The molecule has 1 rings (SSSR count). The standard InChI is InChI=1S/C11H15FN2O3/c1-7(5-8(2)15)13-10-6-9(12)3-4-11(10)14(16)17/h3-4,6-8,13,15H,5H2,1-2H3. The molecule has 0 radical (unpaired) electrons. The van der Waals surface area contributed by atoms with Crippen molar-refractivity contribution in [3.63, 3.8) is 0 Å². The third-order valence-corrected chi connectivity index (χ3v) is 2.25. The van der Waals surface area contributed by atoms with E-state index >= 15 is 0 Å². The number of hydrogen-bond acceptors (Lipinski definition) is 4. The maximum Gasteiger partial charge on any atom is 0.292 e. The molecule has 0 saturated heterocycles. The van der Waals surface area contributed by atoms with E-state index in [0.717, 1.165) is 18.2 Å². The number of nitro groups is 1. The van der Waals surface area contributed by atoms with Crippen molar-refractivity contribution >= 4 is 11.4 Å². The van der Waals surface area contributed by atoms with E-state index in [2.05, 4.69) is 5.32 Å². The molecular weight excluding hydrogens is 227 g/mol. The van der Waals surface area contributed by atoms with Crippen molar-refractivity contribution in [2.24, 2.45) is 0 Å². The maximum atomic E-state index is 13.0. The summed E-state index contributed by atoms with van der Waals surface area (Å²) in [6.45, 7) is 3.39. The number of halogens is 1. The molecule has 17 heavy (non-hydrogen) atoms. The number of aliphatic hydroxyl groups excluding tert-OH is 1. The Morgan fingerprint density at radius 1 is 1.53 bits per heavy atom. The summed E-state index contributed by atoms with van der Waals surface area (Å²) in [5, 5.41) is 22.7. The van der Waals surface area contributed by atoms with Crippen molar-refractivity contribution in [1.82, 2.24) is 0 Å². The normalized spacial score (nSPS) is 14.1. The van der Waals surface area contributed by atoms with E-state index in [0.29, 0.717) is 6.42 Å². The number of hydrogen-bond donors (Lipinski definition) is 2. The maximum absolute atomic E-state index is 13.0. The molecule has 2 atom stereocenters. The molecule has 0 amide bonds. The zero-order valence-corrected chi connectivity index (χ0v) is 9.68. The minimum Gasteiger partial charge on any atom is -0.393 e. The fourth-order valence-corrected chi connectivity index (χ4v) is 1.62. The Balaban J connectivity index is 2.88. The van der Waals surface area contributed by atoms with E-state index in [9.17, 15) is 19.6 Å². The lowest BCUT2D eigenvalue weighted by molar-refractivity contribution is -0.384. The predicted octanol–water partition coefficient (Wildman–Crippen LogP) is 2.31. The number of aliphatic hydroxyl groups is 1. The van der Waals surface area contributed by atoms with Crippen molar-refractivity contribution in [1.29, 1.82) is 0 Å². The van der Waals surface area contributed by atoms with Gasteiger partial charge in [0, 0.05) is 18.2 Å². The van der Waals surface area contributed by atoms with Crippen LogP contribution in [0.4, 0.5) is 15.8 Å². The van der Waals surface area contributed by atoms with Crippen LogP contribution in [0, 0.1) is 15.9 Å². The van der Waals surface area contributed by atoms with Gasteiger partial charge in [-0.25, -0.2) is 4.39 Å². The Morgan fingerprint density at radius 3 is 2.71 bits per heavy atom. The second-order valence-corrected chi connectivity index (χ2v) is 4.05. The number of rotatable bonds is 5. The molecule has 0 saturated carbocycles. The molecule has 2 unspecified atom stereocenters. The summed E-state index contributed by atoms with van der Waals surface area (Å²) < 4.78 is 13.0. The molecule has 0 aromatic heterocycles. The number of nitro benzene ring substituents is 1. The highest BCUT2D eigenvalue weighted by molar-refractivity contribution is 5.61. The summed E-state index contributed by atoms with van der Waals surface area (Å²) in [5.74, 6) is -0.539. The number of nitrogens with zero attached hydrogens (tertiary/aromatic N) is 1. The Bertz CT molecular complexity index is 410. The number of anilines is 1. The fraction of sp³-hybridized carbons (Fsp3) is 0.455. The van der Waals surface area contributed by atoms with Crippen LogP contribution in [-0.2, 0) is 0 Å². The van der Waals surface area contributed by atoms with Crippen molar-refractivity contribution < 1.29 is 14.4 Å². The third-order valence-electron chi connectivity index (χ3n) is 2.25. The van der Waals surface area contributed by atoms with E-state index in [4.69, 9.17) is 0 Å². The molecule has 0 bridgehead atoms. The zero-order valence-electron chi connectivity index (χ0n) is 9.68. The summed E-state index contributed by atoms with van der Waals surface area (Å²) in [5.41, 5.74) is -0.0491. The average Bonchev–Trinajstić information content (AvgIpc) is 2.15. The van der Waals surface area contributed by atoms with Crippen LogP contribution < -0.4 is 5.32 Å². The highest BCUT2D eigenvalue weighted by Crippen LogP contribution is 2.26. The van der Waals surface area contributed by atoms with Crippen LogP contribution in [0.15, 0.2) is 18.2 Å². The third kappa shape index (κ3) is 3.99. The van der Waals surface area contributed by atoms with Crippen LogP contribution in [0.2, 0.25) is 0 Å². The van der Waals surface area contributed by atoms with Gasteiger partial charge in [-0.3, -0.25) is 10.1 Å². The first kappa shape index (κ1) is 13.4. The monoisotopic (exact) mass is 242 g/mol. The van der Waals surface area contributed by atoms with Crippen molar-refractivity contribution in [2.45, 2.75) is 32.4 Å². The molecule has 2 N–H and O–H groups in total. The second kappa shape index (κ2) is 5.58. The van der Waals surface area contributed by atoms with Gasteiger partial charge in [0.2, 0.25) is 0 Å². The largest absolute Gasteiger partial charge is 0.393 e. The van der Waals surface area contributed by atoms with E-state index in [-0.39, 0.29) is 17.4 Å². The molecule has 0 aliphatic carbocycles. The topological polar surface area (TPSA) is 75.4 Å². The minimum atomic E-state index is -0.573. The SMILES string of the molecule is CC(O)CC(C)Nc1cc(F)ccc1[N+](=O)[O-]. The van der Waals surface area contributed by atoms with Gasteiger partial charge in [0.1, 0.15) is 11.5 Å². The Hall–Kier alpha value is -1.69. The van der Waals surface area contributed by atoms with Gasteiger partial charge in [-0.15, -0.1) is 0 Å². The van der Waals surface area contributed by atoms with Crippen LogP contribution in [0.25, 0.3) is 0 Å². The van der Waals surface area contributed by atoms with Crippen LogP contribution in [-0.4, -0.2) is 22.2 Å². The van der Waals surface area contributed by atoms with Crippen LogP contribution >= 0.6 is 0 Å². The smallest absolute Gasteiger partial charge is 0.292 e. The summed E-state index contributed by atoms with van der Waals surface area (Å²) in [7, 11) is 0. The summed E-state index contributed by atoms with van der Waals surface area (Å²) in [6, 6.07) is 3.06. The Labute approximate surface area is 98.4 Å². The van der Waals surface area contributed by atoms with Gasteiger partial charge in [-0.05, 0) is 26.3 Å². The van der Waals surface area contributed by atoms with E-state index in [1.54, 1.807) is 13.8 Å². The first-order valence-corrected chi connectivity index (χ1v) is 5.28. The van der Waals surface area contributed by atoms with Gasteiger partial charge < -0.3 is 10.4 Å². The fourth-order valence-electron chi connectivity index (χ4n) is 1.62. The molecule has 0 heterocycles. The molecule has 0 fully saturated rings. The Kier molecular flexibility index (Phi) is 4.39. The van der Waals surface area contributed by atoms with E-state index < -0.39 is 16.8 Å². The van der Waals surface area contributed by atoms with Crippen molar-refractivity contribution in [3.05, 3.63) is 34.1 Å². The summed E-state index contributed by atoms with van der Waals surface area (Å²) >= 11 is 0. The zero-order chi connectivity index (χ0) is 13.0. The molecule has 94 valence electrons. The van der Waals surface area contributed by atoms with Crippen LogP contribution in [0.3, 0.4) is 0 Å².